The molecule has 1 aliphatic heterocycles. The van der Waals surface area contributed by atoms with Gasteiger partial charge in [-0.1, -0.05) is 31.1 Å². The van der Waals surface area contributed by atoms with Crippen LogP contribution in [-0.4, -0.2) is 35.4 Å². The van der Waals surface area contributed by atoms with Gasteiger partial charge >= 0.3 is 0 Å². The molecule has 2 heterocycles. The summed E-state index contributed by atoms with van der Waals surface area (Å²) in [4.78, 5) is 20.2. The molecule has 4 heteroatoms. The lowest BCUT2D eigenvalue weighted by atomic mass is 9.86. The first-order valence-electron chi connectivity index (χ1n) is 11.9. The number of aromatic nitrogens is 1. The summed E-state index contributed by atoms with van der Waals surface area (Å²) >= 11 is 0. The fraction of sp³-hybridized carbons (Fsp3) is 0.680. The van der Waals surface area contributed by atoms with Gasteiger partial charge in [-0.05, 0) is 81.4 Å². The number of amides is 1. The first kappa shape index (κ1) is 20.6. The van der Waals surface area contributed by atoms with Crippen LogP contribution >= 0.6 is 0 Å². The van der Waals surface area contributed by atoms with Gasteiger partial charge in [0.05, 0.1) is 11.7 Å². The maximum atomic E-state index is 12.9. The number of nitrogens with one attached hydrogen (secondary N) is 1. The van der Waals surface area contributed by atoms with Gasteiger partial charge in [0.15, 0.2) is 0 Å². The number of pyridine rings is 1. The number of carbonyl (C=O) groups excluding carboxylic acids is 1. The Labute approximate surface area is 176 Å². The van der Waals surface area contributed by atoms with Gasteiger partial charge in [-0.3, -0.25) is 9.78 Å². The predicted octanol–water partition coefficient (Wildman–Crippen LogP) is 4.89. The zero-order valence-electron chi connectivity index (χ0n) is 17.8. The van der Waals surface area contributed by atoms with Crippen LogP contribution in [-0.2, 0) is 4.79 Å². The molecular formula is C25H37N3O. The fourth-order valence-electron chi connectivity index (χ4n) is 5.62. The molecule has 4 rings (SSSR count). The van der Waals surface area contributed by atoms with Crippen LogP contribution in [0.2, 0.25) is 0 Å². The second kappa shape index (κ2) is 10.4. The largest absolute Gasteiger partial charge is 0.347 e. The summed E-state index contributed by atoms with van der Waals surface area (Å²) in [6.07, 6.45) is 18.4. The van der Waals surface area contributed by atoms with Gasteiger partial charge in [-0.2, -0.15) is 0 Å². The van der Waals surface area contributed by atoms with Crippen LogP contribution < -0.4 is 5.32 Å². The third-order valence-corrected chi connectivity index (χ3v) is 7.18. The van der Waals surface area contributed by atoms with E-state index in [0.717, 1.165) is 18.2 Å². The molecule has 0 spiro atoms. The van der Waals surface area contributed by atoms with Crippen molar-refractivity contribution in [3.63, 3.8) is 0 Å². The zero-order chi connectivity index (χ0) is 19.9. The lowest BCUT2D eigenvalue weighted by molar-refractivity contribution is -0.123. The Morgan fingerprint density at radius 3 is 2.76 bits per heavy atom. The monoisotopic (exact) mass is 395 g/mol. The van der Waals surface area contributed by atoms with Gasteiger partial charge in [0.25, 0.3) is 0 Å². The van der Waals surface area contributed by atoms with Crippen molar-refractivity contribution in [3.05, 3.63) is 42.2 Å². The standard InChI is InChI=1S/C25H37N3O/c29-24(17-20-9-4-5-10-20)27-25(23-14-6-7-15-26-23)22-13-8-16-28(19-22)18-21-11-2-1-3-12-21/h1-2,6-7,14-15,20-22,25H,3-5,8-13,16-19H2,(H,27,29)/t21-,22-,25+/m1/s1. The maximum Gasteiger partial charge on any atom is 0.220 e. The van der Waals surface area contributed by atoms with Crippen molar-refractivity contribution in [3.8, 4) is 0 Å². The van der Waals surface area contributed by atoms with Gasteiger partial charge in [0, 0.05) is 25.7 Å². The quantitative estimate of drug-likeness (QED) is 0.669. The van der Waals surface area contributed by atoms with Crippen molar-refractivity contribution in [1.29, 1.82) is 0 Å². The highest BCUT2D eigenvalue weighted by Gasteiger charge is 2.31. The zero-order valence-corrected chi connectivity index (χ0v) is 17.8. The molecule has 2 aliphatic carbocycles. The summed E-state index contributed by atoms with van der Waals surface area (Å²) in [7, 11) is 0. The third kappa shape index (κ3) is 5.91. The first-order chi connectivity index (χ1) is 14.3. The van der Waals surface area contributed by atoms with Crippen molar-refractivity contribution in [1.82, 2.24) is 15.2 Å². The lowest BCUT2D eigenvalue weighted by Gasteiger charge is -2.39. The summed E-state index contributed by atoms with van der Waals surface area (Å²) in [6.45, 7) is 3.47. The van der Waals surface area contributed by atoms with E-state index in [1.807, 2.05) is 18.3 Å². The van der Waals surface area contributed by atoms with Crippen LogP contribution in [0.1, 0.15) is 75.9 Å². The molecule has 0 bridgehead atoms. The van der Waals surface area contributed by atoms with E-state index in [-0.39, 0.29) is 11.9 Å². The number of hydrogen-bond donors (Lipinski definition) is 1. The minimum atomic E-state index is 0.0409. The molecule has 1 saturated carbocycles. The molecule has 1 saturated heterocycles. The van der Waals surface area contributed by atoms with Crippen LogP contribution in [0.15, 0.2) is 36.5 Å². The maximum absolute atomic E-state index is 12.9. The molecule has 1 aromatic heterocycles. The Hall–Kier alpha value is -1.68. The normalized spacial score (nSPS) is 27.0. The minimum absolute atomic E-state index is 0.0409. The van der Waals surface area contributed by atoms with Gasteiger partial charge < -0.3 is 10.2 Å². The van der Waals surface area contributed by atoms with E-state index in [2.05, 4.69) is 33.4 Å². The topological polar surface area (TPSA) is 45.2 Å². The van der Waals surface area contributed by atoms with Crippen LogP contribution in [0, 0.1) is 17.8 Å². The van der Waals surface area contributed by atoms with E-state index in [1.54, 1.807) is 0 Å². The van der Waals surface area contributed by atoms with Gasteiger partial charge in [-0.25, -0.2) is 0 Å². The van der Waals surface area contributed by atoms with Crippen LogP contribution in [0.5, 0.6) is 0 Å². The fourth-order valence-corrected chi connectivity index (χ4v) is 5.62. The van der Waals surface area contributed by atoms with E-state index in [9.17, 15) is 4.79 Å². The second-order valence-electron chi connectivity index (χ2n) is 9.47. The third-order valence-electron chi connectivity index (χ3n) is 7.18. The number of hydrogen-bond acceptors (Lipinski definition) is 3. The molecule has 0 unspecified atom stereocenters. The highest BCUT2D eigenvalue weighted by atomic mass is 16.1. The number of likely N-dealkylation sites (tertiary alicyclic amines) is 1. The minimum Gasteiger partial charge on any atom is -0.347 e. The average Bonchev–Trinajstić information content (AvgIpc) is 3.26. The van der Waals surface area contributed by atoms with E-state index in [0.29, 0.717) is 18.3 Å². The number of allylic oxidation sites excluding steroid dienone is 2. The number of carbonyl (C=O) groups is 1. The molecule has 1 amide bonds. The molecule has 29 heavy (non-hydrogen) atoms. The van der Waals surface area contributed by atoms with E-state index in [4.69, 9.17) is 0 Å². The number of rotatable bonds is 7. The van der Waals surface area contributed by atoms with E-state index < -0.39 is 0 Å². The summed E-state index contributed by atoms with van der Waals surface area (Å²) in [6, 6.07) is 6.14. The summed E-state index contributed by atoms with van der Waals surface area (Å²) in [5.41, 5.74) is 1.03. The summed E-state index contributed by atoms with van der Waals surface area (Å²) in [5.74, 6) is 2.05. The van der Waals surface area contributed by atoms with Gasteiger partial charge in [-0.15, -0.1) is 0 Å². The van der Waals surface area contributed by atoms with E-state index in [1.165, 1.54) is 70.9 Å². The molecule has 1 aromatic rings. The van der Waals surface area contributed by atoms with Crippen LogP contribution in [0.3, 0.4) is 0 Å². The van der Waals surface area contributed by atoms with Gasteiger partial charge in [0.1, 0.15) is 0 Å². The van der Waals surface area contributed by atoms with Crippen molar-refractivity contribution >= 4 is 5.91 Å². The molecule has 3 atom stereocenters. The van der Waals surface area contributed by atoms with Crippen LogP contribution in [0.4, 0.5) is 0 Å². The van der Waals surface area contributed by atoms with E-state index >= 15 is 0 Å². The molecular weight excluding hydrogens is 358 g/mol. The Bertz CT molecular complexity index is 668. The Balaban J connectivity index is 1.40. The Morgan fingerprint density at radius 2 is 2.00 bits per heavy atom. The van der Waals surface area contributed by atoms with Crippen LogP contribution in [0.25, 0.3) is 0 Å². The molecule has 2 fully saturated rings. The van der Waals surface area contributed by atoms with Crippen molar-refractivity contribution < 1.29 is 4.79 Å². The molecule has 3 aliphatic rings. The first-order valence-corrected chi connectivity index (χ1v) is 11.9. The highest BCUT2D eigenvalue weighted by Crippen LogP contribution is 2.32. The Kier molecular flexibility index (Phi) is 7.37. The second-order valence-corrected chi connectivity index (χ2v) is 9.47. The molecule has 4 nitrogen and oxygen atoms in total. The van der Waals surface area contributed by atoms with Gasteiger partial charge in [0.2, 0.25) is 5.91 Å². The molecule has 0 radical (unpaired) electrons. The molecule has 0 aromatic carbocycles. The Morgan fingerprint density at radius 1 is 1.10 bits per heavy atom. The SMILES string of the molecule is O=C(CC1CCCC1)N[C@H](c1ccccn1)[C@@H]1CCCN(C[C@@H]2CC=CCC2)C1. The number of piperidine rings is 1. The summed E-state index contributed by atoms with van der Waals surface area (Å²) < 4.78 is 0. The lowest BCUT2D eigenvalue weighted by Crippen LogP contribution is -2.44. The molecule has 158 valence electrons. The van der Waals surface area contributed by atoms with Crippen molar-refractivity contribution in [2.24, 2.45) is 17.8 Å². The number of nitrogens with zero attached hydrogens (tertiary/aromatic N) is 2. The van der Waals surface area contributed by atoms with Crippen molar-refractivity contribution in [2.45, 2.75) is 70.3 Å². The predicted molar refractivity (Wildman–Crippen MR) is 117 cm³/mol. The molecule has 1 N–H and O–H groups in total. The smallest absolute Gasteiger partial charge is 0.220 e. The van der Waals surface area contributed by atoms with Crippen molar-refractivity contribution in [2.75, 3.05) is 19.6 Å². The average molecular weight is 396 g/mol. The summed E-state index contributed by atoms with van der Waals surface area (Å²) in [5, 5.41) is 3.41. The highest BCUT2D eigenvalue weighted by molar-refractivity contribution is 5.76.